The van der Waals surface area contributed by atoms with E-state index in [9.17, 15) is 4.79 Å². The summed E-state index contributed by atoms with van der Waals surface area (Å²) in [6, 6.07) is 0.658. The van der Waals surface area contributed by atoms with Crippen molar-refractivity contribution in [3.63, 3.8) is 0 Å². The molecule has 1 amide bonds. The Balaban J connectivity index is 2.09. The Bertz CT molecular complexity index is 190. The lowest BCUT2D eigenvalue weighted by molar-refractivity contribution is -0.121. The summed E-state index contributed by atoms with van der Waals surface area (Å²) in [7, 11) is 3.68. The number of nitrogens with one attached hydrogen (secondary N) is 2. The lowest BCUT2D eigenvalue weighted by Crippen LogP contribution is -2.39. The number of carbonyl (C=O) groups is 1. The zero-order valence-electron chi connectivity index (χ0n) is 9.88. The van der Waals surface area contributed by atoms with Crippen LogP contribution in [0.5, 0.6) is 0 Å². The van der Waals surface area contributed by atoms with E-state index in [4.69, 9.17) is 0 Å². The van der Waals surface area contributed by atoms with Crippen LogP contribution >= 0.6 is 0 Å². The first kappa shape index (κ1) is 12.5. The van der Waals surface area contributed by atoms with Crippen LogP contribution in [0.3, 0.4) is 0 Å². The predicted octanol–water partition coefficient (Wildman–Crippen LogP) is 0.196. The van der Waals surface area contributed by atoms with Gasteiger partial charge in [-0.2, -0.15) is 0 Å². The highest BCUT2D eigenvalue weighted by Crippen LogP contribution is 2.10. The number of amides is 1. The third-order valence-corrected chi connectivity index (χ3v) is 2.96. The molecule has 1 unspecified atom stereocenters. The van der Waals surface area contributed by atoms with Crippen molar-refractivity contribution in [1.82, 2.24) is 15.5 Å². The Labute approximate surface area is 92.4 Å². The van der Waals surface area contributed by atoms with Gasteiger partial charge in [0, 0.05) is 13.1 Å². The van der Waals surface area contributed by atoms with E-state index < -0.39 is 0 Å². The van der Waals surface area contributed by atoms with Gasteiger partial charge in [-0.15, -0.1) is 0 Å². The predicted molar refractivity (Wildman–Crippen MR) is 61.8 cm³/mol. The van der Waals surface area contributed by atoms with Crippen molar-refractivity contribution in [2.75, 3.05) is 33.7 Å². The number of nitrogens with zero attached hydrogens (tertiary/aromatic N) is 1. The molecule has 15 heavy (non-hydrogen) atoms. The molecular formula is C11H23N3O. The van der Waals surface area contributed by atoms with E-state index in [1.807, 2.05) is 7.05 Å². The molecule has 0 radical (unpaired) electrons. The molecule has 1 fully saturated rings. The van der Waals surface area contributed by atoms with E-state index in [2.05, 4.69) is 15.5 Å². The number of hydrogen-bond acceptors (Lipinski definition) is 3. The van der Waals surface area contributed by atoms with Gasteiger partial charge in [-0.1, -0.05) is 6.42 Å². The van der Waals surface area contributed by atoms with Crippen LogP contribution in [-0.4, -0.2) is 50.6 Å². The molecule has 1 aliphatic rings. The molecule has 1 saturated heterocycles. The fraction of sp³-hybridized carbons (Fsp3) is 0.909. The maximum Gasteiger partial charge on any atom is 0.233 e. The highest BCUT2D eigenvalue weighted by Gasteiger charge is 2.13. The molecule has 88 valence electrons. The number of rotatable bonds is 5. The molecule has 1 atom stereocenters. The first-order valence-electron chi connectivity index (χ1n) is 5.85. The zero-order valence-corrected chi connectivity index (χ0v) is 9.88. The summed E-state index contributed by atoms with van der Waals surface area (Å²) in [5, 5.41) is 6.15. The summed E-state index contributed by atoms with van der Waals surface area (Å²) >= 11 is 0. The van der Waals surface area contributed by atoms with Crippen molar-refractivity contribution in [3.05, 3.63) is 0 Å². The molecule has 0 spiro atoms. The molecule has 4 nitrogen and oxygen atoms in total. The average Bonchev–Trinajstić information content (AvgIpc) is 2.27. The molecule has 0 aromatic rings. The highest BCUT2D eigenvalue weighted by atomic mass is 16.1. The Kier molecular flexibility index (Phi) is 5.65. The van der Waals surface area contributed by atoms with E-state index >= 15 is 0 Å². The standard InChI is InChI=1S/C11H23N3O/c1-12-11(15)9-14(2)8-6-10-5-3-4-7-13-10/h10,13H,3-9H2,1-2H3,(H,12,15). The third-order valence-electron chi connectivity index (χ3n) is 2.96. The topological polar surface area (TPSA) is 44.4 Å². The summed E-state index contributed by atoms with van der Waals surface area (Å²) in [5.74, 6) is 0.0918. The quantitative estimate of drug-likeness (QED) is 0.685. The molecule has 1 rings (SSSR count). The lowest BCUT2D eigenvalue weighted by atomic mass is 10.0. The number of piperidine rings is 1. The van der Waals surface area contributed by atoms with Gasteiger partial charge in [0.25, 0.3) is 0 Å². The minimum absolute atomic E-state index is 0.0918. The molecule has 1 aliphatic heterocycles. The van der Waals surface area contributed by atoms with Crippen molar-refractivity contribution in [3.8, 4) is 0 Å². The van der Waals surface area contributed by atoms with Crippen LogP contribution in [0, 0.1) is 0 Å². The summed E-state index contributed by atoms with van der Waals surface area (Å²) in [5.41, 5.74) is 0. The maximum absolute atomic E-state index is 11.1. The molecule has 0 bridgehead atoms. The van der Waals surface area contributed by atoms with Crippen LogP contribution in [0.2, 0.25) is 0 Å². The molecule has 4 heteroatoms. The third kappa shape index (κ3) is 5.14. The van der Waals surface area contributed by atoms with Gasteiger partial charge in [-0.05, 0) is 39.4 Å². The van der Waals surface area contributed by atoms with E-state index in [0.717, 1.165) is 19.5 Å². The van der Waals surface area contributed by atoms with E-state index in [-0.39, 0.29) is 5.91 Å². The summed E-state index contributed by atoms with van der Waals surface area (Å²) in [4.78, 5) is 13.2. The van der Waals surface area contributed by atoms with Gasteiger partial charge in [0.2, 0.25) is 5.91 Å². The smallest absolute Gasteiger partial charge is 0.233 e. The SMILES string of the molecule is CNC(=O)CN(C)CCC1CCCCN1. The summed E-state index contributed by atoms with van der Waals surface area (Å²) < 4.78 is 0. The first-order chi connectivity index (χ1) is 7.22. The van der Waals surface area contributed by atoms with Crippen molar-refractivity contribution < 1.29 is 4.79 Å². The van der Waals surface area contributed by atoms with Gasteiger partial charge in [0.05, 0.1) is 6.54 Å². The Morgan fingerprint density at radius 3 is 2.93 bits per heavy atom. The van der Waals surface area contributed by atoms with E-state index in [0.29, 0.717) is 12.6 Å². The van der Waals surface area contributed by atoms with Crippen LogP contribution in [0.1, 0.15) is 25.7 Å². The van der Waals surface area contributed by atoms with Crippen LogP contribution in [-0.2, 0) is 4.79 Å². The number of likely N-dealkylation sites (N-methyl/N-ethyl adjacent to an activating group) is 2. The molecule has 0 aliphatic carbocycles. The number of hydrogen-bond donors (Lipinski definition) is 2. The van der Waals surface area contributed by atoms with Crippen LogP contribution in [0.15, 0.2) is 0 Å². The largest absolute Gasteiger partial charge is 0.358 e. The van der Waals surface area contributed by atoms with E-state index in [1.165, 1.54) is 19.3 Å². The molecular weight excluding hydrogens is 190 g/mol. The van der Waals surface area contributed by atoms with Gasteiger partial charge in [0.15, 0.2) is 0 Å². The minimum Gasteiger partial charge on any atom is -0.358 e. The van der Waals surface area contributed by atoms with Gasteiger partial charge >= 0.3 is 0 Å². The minimum atomic E-state index is 0.0918. The molecule has 0 aromatic carbocycles. The maximum atomic E-state index is 11.1. The van der Waals surface area contributed by atoms with Gasteiger partial charge in [0.1, 0.15) is 0 Å². The molecule has 1 heterocycles. The summed E-state index contributed by atoms with van der Waals surface area (Å²) in [6.45, 7) is 2.65. The normalized spacial score (nSPS) is 21.7. The summed E-state index contributed by atoms with van der Waals surface area (Å²) in [6.07, 6.45) is 5.09. The Morgan fingerprint density at radius 2 is 2.33 bits per heavy atom. The monoisotopic (exact) mass is 213 g/mol. The second-order valence-electron chi connectivity index (χ2n) is 4.35. The van der Waals surface area contributed by atoms with Crippen molar-refractivity contribution >= 4 is 5.91 Å². The van der Waals surface area contributed by atoms with Gasteiger partial charge < -0.3 is 10.6 Å². The van der Waals surface area contributed by atoms with Crippen LogP contribution in [0.4, 0.5) is 0 Å². The number of carbonyl (C=O) groups excluding carboxylic acids is 1. The van der Waals surface area contributed by atoms with Crippen LogP contribution < -0.4 is 10.6 Å². The molecule has 0 saturated carbocycles. The molecule has 0 aromatic heterocycles. The lowest BCUT2D eigenvalue weighted by Gasteiger charge is -2.25. The second kappa shape index (κ2) is 6.80. The Morgan fingerprint density at radius 1 is 1.53 bits per heavy atom. The van der Waals surface area contributed by atoms with Crippen molar-refractivity contribution in [2.45, 2.75) is 31.7 Å². The van der Waals surface area contributed by atoms with Crippen molar-refractivity contribution in [1.29, 1.82) is 0 Å². The first-order valence-corrected chi connectivity index (χ1v) is 5.85. The molecule has 2 N–H and O–H groups in total. The van der Waals surface area contributed by atoms with Gasteiger partial charge in [-0.25, -0.2) is 0 Å². The average molecular weight is 213 g/mol. The highest BCUT2D eigenvalue weighted by molar-refractivity contribution is 5.77. The second-order valence-corrected chi connectivity index (χ2v) is 4.35. The van der Waals surface area contributed by atoms with Crippen molar-refractivity contribution in [2.24, 2.45) is 0 Å². The fourth-order valence-electron chi connectivity index (χ4n) is 1.95. The fourth-order valence-corrected chi connectivity index (χ4v) is 1.95. The van der Waals surface area contributed by atoms with Crippen LogP contribution in [0.25, 0.3) is 0 Å². The van der Waals surface area contributed by atoms with Gasteiger partial charge in [-0.3, -0.25) is 9.69 Å². The zero-order chi connectivity index (χ0) is 11.1. The van der Waals surface area contributed by atoms with E-state index in [1.54, 1.807) is 7.05 Å². The Hall–Kier alpha value is -0.610.